The maximum atomic E-state index is 13.5. The van der Waals surface area contributed by atoms with Crippen molar-refractivity contribution in [2.75, 3.05) is 6.54 Å². The van der Waals surface area contributed by atoms with E-state index in [4.69, 9.17) is 0 Å². The Morgan fingerprint density at radius 2 is 2.08 bits per heavy atom. The Bertz CT molecular complexity index is 760. The number of nitrogens with zero attached hydrogens (tertiary/aromatic N) is 3. The van der Waals surface area contributed by atoms with Gasteiger partial charge in [0.15, 0.2) is 11.6 Å². The first kappa shape index (κ1) is 16.6. The van der Waals surface area contributed by atoms with Crippen molar-refractivity contribution in [1.82, 2.24) is 14.5 Å². The fourth-order valence-electron chi connectivity index (χ4n) is 2.95. The molecule has 0 spiro atoms. The van der Waals surface area contributed by atoms with E-state index in [0.717, 1.165) is 12.1 Å². The zero-order chi connectivity index (χ0) is 17.4. The Morgan fingerprint density at radius 3 is 2.71 bits per heavy atom. The maximum Gasteiger partial charge on any atom is 0.274 e. The van der Waals surface area contributed by atoms with Gasteiger partial charge in [0.05, 0.1) is 18.5 Å². The summed E-state index contributed by atoms with van der Waals surface area (Å²) in [5.74, 6) is -2.24. The van der Waals surface area contributed by atoms with Crippen LogP contribution < -0.4 is 0 Å². The Balaban J connectivity index is 1.89. The Kier molecular flexibility index (Phi) is 4.36. The lowest BCUT2D eigenvalue weighted by Gasteiger charge is -2.24. The van der Waals surface area contributed by atoms with Crippen molar-refractivity contribution in [1.29, 1.82) is 0 Å². The first-order valence-electron chi connectivity index (χ1n) is 7.84. The number of benzene rings is 1. The maximum absolute atomic E-state index is 13.5. The molecule has 24 heavy (non-hydrogen) atoms. The Labute approximate surface area is 138 Å². The molecule has 0 aliphatic carbocycles. The highest BCUT2D eigenvalue weighted by Gasteiger charge is 2.36. The first-order valence-corrected chi connectivity index (χ1v) is 7.84. The van der Waals surface area contributed by atoms with Crippen molar-refractivity contribution in [3.63, 3.8) is 0 Å². The minimum Gasteiger partial charge on any atom is -0.391 e. The largest absolute Gasteiger partial charge is 0.391 e. The molecular formula is C17H19F2N3O2. The Hall–Kier alpha value is -2.28. The standard InChI is InChI=1S/C17H19F2N3O2/c1-10(2)21-8-15(20-9-21)17(24)22-7-12(23)6-16(22)11-3-4-13(18)14(19)5-11/h3-5,8-10,12,16,23H,6-7H2,1-2H3. The van der Waals surface area contributed by atoms with Crippen molar-refractivity contribution >= 4 is 5.91 Å². The summed E-state index contributed by atoms with van der Waals surface area (Å²) in [6.45, 7) is 4.08. The number of likely N-dealkylation sites (tertiary alicyclic amines) is 1. The van der Waals surface area contributed by atoms with Gasteiger partial charge in [0, 0.05) is 18.8 Å². The molecule has 2 unspecified atom stereocenters. The van der Waals surface area contributed by atoms with Crippen LogP contribution in [0.15, 0.2) is 30.7 Å². The highest BCUT2D eigenvalue weighted by molar-refractivity contribution is 5.92. The molecule has 1 fully saturated rings. The van der Waals surface area contributed by atoms with Crippen LogP contribution in [0, 0.1) is 11.6 Å². The van der Waals surface area contributed by atoms with Gasteiger partial charge in [-0.05, 0) is 38.0 Å². The highest BCUT2D eigenvalue weighted by Crippen LogP contribution is 2.33. The van der Waals surface area contributed by atoms with Crippen molar-refractivity contribution in [2.45, 2.75) is 38.5 Å². The van der Waals surface area contributed by atoms with Crippen LogP contribution in [0.4, 0.5) is 8.78 Å². The molecular weight excluding hydrogens is 316 g/mol. The van der Waals surface area contributed by atoms with E-state index in [1.807, 2.05) is 18.4 Å². The molecule has 0 bridgehead atoms. The van der Waals surface area contributed by atoms with Crippen LogP contribution in [0.1, 0.15) is 48.4 Å². The Morgan fingerprint density at radius 1 is 1.33 bits per heavy atom. The van der Waals surface area contributed by atoms with E-state index in [1.165, 1.54) is 11.0 Å². The summed E-state index contributed by atoms with van der Waals surface area (Å²) in [7, 11) is 0. The van der Waals surface area contributed by atoms with Crippen LogP contribution >= 0.6 is 0 Å². The van der Waals surface area contributed by atoms with Gasteiger partial charge < -0.3 is 14.6 Å². The summed E-state index contributed by atoms with van der Waals surface area (Å²) >= 11 is 0. The quantitative estimate of drug-likeness (QED) is 0.938. The van der Waals surface area contributed by atoms with Crippen LogP contribution in [0.3, 0.4) is 0 Å². The summed E-state index contributed by atoms with van der Waals surface area (Å²) in [6.07, 6.45) is 2.80. The molecule has 1 amide bonds. The van der Waals surface area contributed by atoms with Crippen molar-refractivity contribution in [2.24, 2.45) is 0 Å². The van der Waals surface area contributed by atoms with E-state index in [-0.39, 0.29) is 30.6 Å². The topological polar surface area (TPSA) is 58.4 Å². The molecule has 5 nitrogen and oxygen atoms in total. The lowest BCUT2D eigenvalue weighted by molar-refractivity contribution is 0.0710. The van der Waals surface area contributed by atoms with Crippen LogP contribution in [0.2, 0.25) is 0 Å². The molecule has 2 heterocycles. The van der Waals surface area contributed by atoms with Gasteiger partial charge in [0.2, 0.25) is 0 Å². The summed E-state index contributed by atoms with van der Waals surface area (Å²) < 4.78 is 28.5. The van der Waals surface area contributed by atoms with Gasteiger partial charge in [0.1, 0.15) is 5.69 Å². The predicted octanol–water partition coefficient (Wildman–Crippen LogP) is 2.69. The SMILES string of the molecule is CC(C)n1cnc(C(=O)N2CC(O)CC2c2ccc(F)c(F)c2)c1. The number of rotatable bonds is 3. The van der Waals surface area contributed by atoms with Gasteiger partial charge in [0.25, 0.3) is 5.91 Å². The molecule has 1 aromatic carbocycles. The minimum atomic E-state index is -0.967. The molecule has 1 aliphatic heterocycles. The van der Waals surface area contributed by atoms with Crippen molar-refractivity contribution in [3.05, 3.63) is 53.6 Å². The van der Waals surface area contributed by atoms with Gasteiger partial charge in [-0.3, -0.25) is 4.79 Å². The molecule has 2 aromatic rings. The van der Waals surface area contributed by atoms with E-state index >= 15 is 0 Å². The van der Waals surface area contributed by atoms with E-state index in [2.05, 4.69) is 4.98 Å². The number of aromatic nitrogens is 2. The van der Waals surface area contributed by atoms with Crippen LogP contribution in [0.5, 0.6) is 0 Å². The lowest BCUT2D eigenvalue weighted by atomic mass is 10.0. The van der Waals surface area contributed by atoms with Gasteiger partial charge in [-0.1, -0.05) is 6.07 Å². The molecule has 1 saturated heterocycles. The molecule has 3 rings (SSSR count). The second-order valence-electron chi connectivity index (χ2n) is 6.34. The molecule has 1 aliphatic rings. The third kappa shape index (κ3) is 3.03. The molecule has 1 aromatic heterocycles. The van der Waals surface area contributed by atoms with Gasteiger partial charge in [-0.25, -0.2) is 13.8 Å². The predicted molar refractivity (Wildman–Crippen MR) is 83.4 cm³/mol. The number of hydrogen-bond donors (Lipinski definition) is 1. The zero-order valence-corrected chi connectivity index (χ0v) is 13.5. The first-order chi connectivity index (χ1) is 11.4. The number of carbonyl (C=O) groups excluding carboxylic acids is 1. The van der Waals surface area contributed by atoms with Crippen LogP contribution in [-0.2, 0) is 0 Å². The van der Waals surface area contributed by atoms with Gasteiger partial charge >= 0.3 is 0 Å². The number of β-amino-alcohol motifs (C(OH)–C–C–N with tert-alkyl or cyclic N) is 1. The summed E-state index contributed by atoms with van der Waals surface area (Å²) in [4.78, 5) is 18.3. The number of amides is 1. The van der Waals surface area contributed by atoms with Crippen LogP contribution in [0.25, 0.3) is 0 Å². The zero-order valence-electron chi connectivity index (χ0n) is 13.5. The fourth-order valence-corrected chi connectivity index (χ4v) is 2.95. The number of imidazole rings is 1. The second kappa shape index (κ2) is 6.32. The van der Waals surface area contributed by atoms with E-state index in [0.29, 0.717) is 5.56 Å². The average Bonchev–Trinajstić information content (AvgIpc) is 3.16. The molecule has 0 saturated carbocycles. The summed E-state index contributed by atoms with van der Waals surface area (Å²) in [6, 6.07) is 3.21. The molecule has 0 radical (unpaired) electrons. The van der Waals surface area contributed by atoms with Crippen molar-refractivity contribution in [3.8, 4) is 0 Å². The monoisotopic (exact) mass is 335 g/mol. The third-order valence-electron chi connectivity index (χ3n) is 4.29. The average molecular weight is 335 g/mol. The number of hydrogen-bond acceptors (Lipinski definition) is 3. The smallest absolute Gasteiger partial charge is 0.274 e. The second-order valence-corrected chi connectivity index (χ2v) is 6.34. The van der Waals surface area contributed by atoms with E-state index in [1.54, 1.807) is 12.5 Å². The van der Waals surface area contributed by atoms with E-state index in [9.17, 15) is 18.7 Å². The molecule has 1 N–H and O–H groups in total. The van der Waals surface area contributed by atoms with Crippen LogP contribution in [-0.4, -0.2) is 38.1 Å². The van der Waals surface area contributed by atoms with Gasteiger partial charge in [-0.15, -0.1) is 0 Å². The lowest BCUT2D eigenvalue weighted by Crippen LogP contribution is -2.32. The number of carbonyl (C=O) groups is 1. The number of halogens is 2. The normalized spacial score (nSPS) is 20.8. The minimum absolute atomic E-state index is 0.136. The molecule has 7 heteroatoms. The summed E-state index contributed by atoms with van der Waals surface area (Å²) in [5.41, 5.74) is 0.729. The molecule has 128 valence electrons. The van der Waals surface area contributed by atoms with Gasteiger partial charge in [-0.2, -0.15) is 0 Å². The van der Waals surface area contributed by atoms with E-state index < -0.39 is 23.8 Å². The third-order valence-corrected chi connectivity index (χ3v) is 4.29. The number of aliphatic hydroxyl groups excluding tert-OH is 1. The highest BCUT2D eigenvalue weighted by atomic mass is 19.2. The van der Waals surface area contributed by atoms with Crippen molar-refractivity contribution < 1.29 is 18.7 Å². The molecule has 2 atom stereocenters. The fraction of sp³-hybridized carbons (Fsp3) is 0.412. The summed E-state index contributed by atoms with van der Waals surface area (Å²) in [5, 5.41) is 9.96. The number of aliphatic hydroxyl groups is 1.